The van der Waals surface area contributed by atoms with Crippen molar-refractivity contribution in [3.05, 3.63) is 22.2 Å². The normalized spacial score (nSPS) is 10.7. The molecule has 72 valence electrons. The van der Waals surface area contributed by atoms with Crippen molar-refractivity contribution < 1.29 is 9.21 Å². The summed E-state index contributed by atoms with van der Waals surface area (Å²) in [5.41, 5.74) is 6.92. The topological polar surface area (TPSA) is 69.1 Å². The molecule has 1 heterocycles. The van der Waals surface area contributed by atoms with Crippen molar-refractivity contribution in [2.45, 2.75) is 6.92 Å². The average Bonchev–Trinajstić information content (AvgIpc) is 2.42. The number of hydrogen-bond donors (Lipinski definition) is 1. The molecule has 0 unspecified atom stereocenters. The van der Waals surface area contributed by atoms with Crippen molar-refractivity contribution in [2.24, 2.45) is 0 Å². The fourth-order valence-electron chi connectivity index (χ4n) is 1.28. The van der Waals surface area contributed by atoms with Crippen LogP contribution in [-0.2, 0) is 0 Å². The lowest BCUT2D eigenvalue weighted by Gasteiger charge is -1.96. The van der Waals surface area contributed by atoms with E-state index in [2.05, 4.69) is 20.9 Å². The Morgan fingerprint density at radius 3 is 2.93 bits per heavy atom. The van der Waals surface area contributed by atoms with E-state index >= 15 is 0 Å². The van der Waals surface area contributed by atoms with E-state index in [1.54, 1.807) is 12.1 Å². The van der Waals surface area contributed by atoms with Gasteiger partial charge in [-0.2, -0.15) is 4.98 Å². The summed E-state index contributed by atoms with van der Waals surface area (Å²) in [7, 11) is 0. The minimum absolute atomic E-state index is 0.0700. The largest absolute Gasteiger partial charge is 0.423 e. The Morgan fingerprint density at radius 1 is 1.57 bits per heavy atom. The number of Topliss-reactive ketones (excluding diaryl/α,β-unsaturated/α-hetero) is 1. The smallest absolute Gasteiger partial charge is 0.293 e. The predicted molar refractivity (Wildman–Crippen MR) is 56.1 cm³/mol. The molecule has 2 N–H and O–H groups in total. The first-order valence-electron chi connectivity index (χ1n) is 3.94. The summed E-state index contributed by atoms with van der Waals surface area (Å²) in [6.45, 7) is 1.47. The molecule has 0 aliphatic rings. The number of carbonyl (C=O) groups excluding carboxylic acids is 1. The molecular formula is C9H7BrN2O2. The van der Waals surface area contributed by atoms with Crippen LogP contribution in [0.25, 0.3) is 11.1 Å². The summed E-state index contributed by atoms with van der Waals surface area (Å²) in [5.74, 6) is -0.0764. The van der Waals surface area contributed by atoms with Gasteiger partial charge in [-0.3, -0.25) is 4.79 Å². The fourth-order valence-corrected chi connectivity index (χ4v) is 1.72. The standard InChI is InChI=1S/C9H7BrN2O2/c1-4(13)6-2-5(10)3-7-8(6)14-9(11)12-7/h2-3H,1H3,(H2,11,12). The number of hydrogen-bond acceptors (Lipinski definition) is 4. The SMILES string of the molecule is CC(=O)c1cc(Br)cc2nc(N)oc12. The van der Waals surface area contributed by atoms with Gasteiger partial charge in [-0.15, -0.1) is 0 Å². The summed E-state index contributed by atoms with van der Waals surface area (Å²) in [6.07, 6.45) is 0. The maximum atomic E-state index is 11.3. The van der Waals surface area contributed by atoms with Gasteiger partial charge in [0.05, 0.1) is 5.56 Å². The van der Waals surface area contributed by atoms with Crippen LogP contribution in [0.4, 0.5) is 6.01 Å². The number of nitrogens with two attached hydrogens (primary N) is 1. The molecule has 0 aliphatic heterocycles. The van der Waals surface area contributed by atoms with E-state index in [0.717, 1.165) is 4.47 Å². The second kappa shape index (κ2) is 3.09. The first-order valence-corrected chi connectivity index (χ1v) is 4.73. The summed E-state index contributed by atoms with van der Waals surface area (Å²) >= 11 is 3.29. The van der Waals surface area contributed by atoms with Crippen molar-refractivity contribution in [3.63, 3.8) is 0 Å². The van der Waals surface area contributed by atoms with Gasteiger partial charge in [-0.05, 0) is 19.1 Å². The highest BCUT2D eigenvalue weighted by Crippen LogP contribution is 2.26. The Hall–Kier alpha value is -1.36. The quantitative estimate of drug-likeness (QED) is 0.794. The Morgan fingerprint density at radius 2 is 2.29 bits per heavy atom. The molecule has 0 amide bonds. The molecule has 2 aromatic rings. The van der Waals surface area contributed by atoms with Crippen LogP contribution in [0.5, 0.6) is 0 Å². The summed E-state index contributed by atoms with van der Waals surface area (Å²) < 4.78 is 5.92. The molecule has 0 atom stereocenters. The fraction of sp³-hybridized carbons (Fsp3) is 0.111. The molecule has 0 fully saturated rings. The molecule has 4 nitrogen and oxygen atoms in total. The second-order valence-electron chi connectivity index (χ2n) is 2.91. The second-order valence-corrected chi connectivity index (χ2v) is 3.83. The van der Waals surface area contributed by atoms with Gasteiger partial charge in [-0.1, -0.05) is 15.9 Å². The van der Waals surface area contributed by atoms with Crippen molar-refractivity contribution in [1.82, 2.24) is 4.98 Å². The van der Waals surface area contributed by atoms with E-state index in [4.69, 9.17) is 10.2 Å². The van der Waals surface area contributed by atoms with Crippen LogP contribution in [0, 0.1) is 0 Å². The molecule has 0 saturated carbocycles. The van der Waals surface area contributed by atoms with Crippen LogP contribution in [0.15, 0.2) is 21.0 Å². The van der Waals surface area contributed by atoms with E-state index < -0.39 is 0 Å². The van der Waals surface area contributed by atoms with E-state index in [9.17, 15) is 4.79 Å². The molecule has 1 aromatic heterocycles. The number of benzene rings is 1. The summed E-state index contributed by atoms with van der Waals surface area (Å²) in [4.78, 5) is 15.2. The van der Waals surface area contributed by atoms with Crippen LogP contribution in [-0.4, -0.2) is 10.8 Å². The van der Waals surface area contributed by atoms with Crippen LogP contribution >= 0.6 is 15.9 Å². The number of halogens is 1. The van der Waals surface area contributed by atoms with Gasteiger partial charge in [0.15, 0.2) is 11.4 Å². The number of nitrogens with zero attached hydrogens (tertiary/aromatic N) is 1. The number of nitrogen functional groups attached to an aromatic ring is 1. The number of oxazole rings is 1. The van der Waals surface area contributed by atoms with Gasteiger partial charge in [-0.25, -0.2) is 0 Å². The zero-order valence-corrected chi connectivity index (χ0v) is 8.96. The molecule has 0 saturated heterocycles. The number of ketones is 1. The predicted octanol–water partition coefficient (Wildman–Crippen LogP) is 2.38. The summed E-state index contributed by atoms with van der Waals surface area (Å²) in [5, 5.41) is 0. The van der Waals surface area contributed by atoms with Gasteiger partial charge in [0.25, 0.3) is 6.01 Å². The Balaban J connectivity index is 2.85. The van der Waals surface area contributed by atoms with Crippen LogP contribution in [0.1, 0.15) is 17.3 Å². The third kappa shape index (κ3) is 1.39. The lowest BCUT2D eigenvalue weighted by Crippen LogP contribution is -1.92. The summed E-state index contributed by atoms with van der Waals surface area (Å²) in [6, 6.07) is 3.51. The zero-order chi connectivity index (χ0) is 10.3. The Bertz CT molecular complexity index is 519. The highest BCUT2D eigenvalue weighted by molar-refractivity contribution is 9.10. The molecule has 0 bridgehead atoms. The van der Waals surface area contributed by atoms with E-state index in [-0.39, 0.29) is 11.8 Å². The minimum atomic E-state index is -0.0764. The third-order valence-electron chi connectivity index (χ3n) is 1.85. The first-order chi connectivity index (χ1) is 6.58. The van der Waals surface area contributed by atoms with E-state index in [1.165, 1.54) is 6.92 Å². The molecule has 14 heavy (non-hydrogen) atoms. The molecule has 1 aromatic carbocycles. The maximum Gasteiger partial charge on any atom is 0.293 e. The van der Waals surface area contributed by atoms with Crippen molar-refractivity contribution in [2.75, 3.05) is 5.73 Å². The molecule has 2 rings (SSSR count). The average molecular weight is 255 g/mol. The number of carbonyl (C=O) groups is 1. The molecule has 0 radical (unpaired) electrons. The van der Waals surface area contributed by atoms with Gasteiger partial charge < -0.3 is 10.2 Å². The molecule has 0 spiro atoms. The van der Waals surface area contributed by atoms with Crippen LogP contribution < -0.4 is 5.73 Å². The highest BCUT2D eigenvalue weighted by atomic mass is 79.9. The monoisotopic (exact) mass is 254 g/mol. The maximum absolute atomic E-state index is 11.3. The van der Waals surface area contributed by atoms with E-state index in [0.29, 0.717) is 16.7 Å². The van der Waals surface area contributed by atoms with Gasteiger partial charge in [0, 0.05) is 4.47 Å². The number of rotatable bonds is 1. The van der Waals surface area contributed by atoms with Gasteiger partial charge >= 0.3 is 0 Å². The molecule has 0 aliphatic carbocycles. The Labute approximate surface area is 88.2 Å². The van der Waals surface area contributed by atoms with Gasteiger partial charge in [0.2, 0.25) is 0 Å². The zero-order valence-electron chi connectivity index (χ0n) is 7.37. The number of fused-ring (bicyclic) bond motifs is 1. The lowest BCUT2D eigenvalue weighted by molar-refractivity contribution is 0.101. The van der Waals surface area contributed by atoms with Crippen molar-refractivity contribution in [1.29, 1.82) is 0 Å². The van der Waals surface area contributed by atoms with Crippen LogP contribution in [0.3, 0.4) is 0 Å². The minimum Gasteiger partial charge on any atom is -0.423 e. The number of aromatic nitrogens is 1. The number of anilines is 1. The third-order valence-corrected chi connectivity index (χ3v) is 2.31. The van der Waals surface area contributed by atoms with Crippen molar-refractivity contribution >= 4 is 38.8 Å². The first kappa shape index (κ1) is 9.21. The Kier molecular flexibility index (Phi) is 2.03. The molecular weight excluding hydrogens is 248 g/mol. The highest BCUT2D eigenvalue weighted by Gasteiger charge is 2.12. The molecule has 5 heteroatoms. The van der Waals surface area contributed by atoms with Gasteiger partial charge in [0.1, 0.15) is 5.52 Å². The van der Waals surface area contributed by atoms with Crippen molar-refractivity contribution in [3.8, 4) is 0 Å². The van der Waals surface area contributed by atoms with E-state index in [1.807, 2.05) is 0 Å². The lowest BCUT2D eigenvalue weighted by atomic mass is 10.1. The van der Waals surface area contributed by atoms with Crippen LogP contribution in [0.2, 0.25) is 0 Å².